The van der Waals surface area contributed by atoms with Gasteiger partial charge in [-0.15, -0.1) is 0 Å². The molecule has 0 atom stereocenters. The fourth-order valence-corrected chi connectivity index (χ4v) is 5.23. The molecule has 1 heterocycles. The molecule has 156 valence electrons. The molecule has 1 aliphatic rings. The van der Waals surface area contributed by atoms with Crippen LogP contribution in [0.1, 0.15) is 43.5 Å². The molecule has 29 heavy (non-hydrogen) atoms. The van der Waals surface area contributed by atoms with E-state index in [1.54, 1.807) is 24.3 Å². The van der Waals surface area contributed by atoms with Crippen molar-refractivity contribution in [2.45, 2.75) is 44.1 Å². The van der Waals surface area contributed by atoms with Gasteiger partial charge in [0, 0.05) is 30.4 Å². The second kappa shape index (κ2) is 9.15. The molecular weight excluding hydrogens is 412 g/mol. The van der Waals surface area contributed by atoms with Gasteiger partial charge in [-0.3, -0.25) is 4.79 Å². The van der Waals surface area contributed by atoms with Gasteiger partial charge in [-0.05, 0) is 57.0 Å². The molecule has 6 nitrogen and oxygen atoms in total. The summed E-state index contributed by atoms with van der Waals surface area (Å²) in [7, 11) is -3.74. The number of hydrogen-bond acceptors (Lipinski definition) is 4. The van der Waals surface area contributed by atoms with Crippen LogP contribution in [0, 0.1) is 0 Å². The number of piperidine rings is 1. The van der Waals surface area contributed by atoms with Crippen molar-refractivity contribution < 1.29 is 17.9 Å². The Balaban J connectivity index is 1.83. The minimum Gasteiger partial charge on any atom is -0.491 e. The first kappa shape index (κ1) is 21.6. The minimum atomic E-state index is -3.74. The van der Waals surface area contributed by atoms with Crippen molar-refractivity contribution in [1.29, 1.82) is 0 Å². The molecule has 2 aromatic rings. The Morgan fingerprint density at radius 2 is 1.83 bits per heavy atom. The van der Waals surface area contributed by atoms with E-state index < -0.39 is 15.9 Å². The molecule has 1 fully saturated rings. The van der Waals surface area contributed by atoms with Crippen molar-refractivity contribution in [2.24, 2.45) is 0 Å². The third-order valence-electron chi connectivity index (χ3n) is 4.59. The van der Waals surface area contributed by atoms with Gasteiger partial charge in [-0.2, -0.15) is 4.31 Å². The molecule has 2 aromatic carbocycles. The summed E-state index contributed by atoms with van der Waals surface area (Å²) in [5.41, 5.74) is 0.781. The van der Waals surface area contributed by atoms with E-state index in [2.05, 4.69) is 5.32 Å². The Bertz CT molecular complexity index is 986. The van der Waals surface area contributed by atoms with Crippen LogP contribution in [0.4, 0.5) is 5.69 Å². The standard InChI is InChI=1S/C21H25ClN2O4S/c1-15(2)28-18-8-6-7-17(14-18)23-21(25)16-9-10-19(22)20(13-16)29(26,27)24-11-4-3-5-12-24/h6-10,13-15H,3-5,11-12H2,1-2H3,(H,23,25). The predicted molar refractivity (Wildman–Crippen MR) is 114 cm³/mol. The first-order valence-corrected chi connectivity index (χ1v) is 11.5. The Morgan fingerprint density at radius 1 is 1.10 bits per heavy atom. The molecule has 1 aliphatic heterocycles. The quantitative estimate of drug-likeness (QED) is 0.720. The van der Waals surface area contributed by atoms with E-state index in [0.29, 0.717) is 24.5 Å². The molecule has 0 unspecified atom stereocenters. The number of hydrogen-bond donors (Lipinski definition) is 1. The van der Waals surface area contributed by atoms with Gasteiger partial charge in [-0.25, -0.2) is 8.42 Å². The lowest BCUT2D eigenvalue weighted by molar-refractivity contribution is 0.102. The van der Waals surface area contributed by atoms with Crippen molar-refractivity contribution in [2.75, 3.05) is 18.4 Å². The number of sulfonamides is 1. The highest BCUT2D eigenvalue weighted by atomic mass is 35.5. The molecule has 0 aliphatic carbocycles. The lowest BCUT2D eigenvalue weighted by Crippen LogP contribution is -2.35. The van der Waals surface area contributed by atoms with Crippen LogP contribution in [-0.2, 0) is 10.0 Å². The average molecular weight is 437 g/mol. The number of rotatable bonds is 6. The summed E-state index contributed by atoms with van der Waals surface area (Å²) in [5.74, 6) is 0.223. The van der Waals surface area contributed by atoms with Crippen LogP contribution < -0.4 is 10.1 Å². The lowest BCUT2D eigenvalue weighted by Gasteiger charge is -2.26. The third-order valence-corrected chi connectivity index (χ3v) is 6.97. The Hall–Kier alpha value is -2.09. The normalized spacial score (nSPS) is 15.3. The van der Waals surface area contributed by atoms with Gasteiger partial charge in [-0.1, -0.05) is 24.1 Å². The van der Waals surface area contributed by atoms with Crippen molar-refractivity contribution >= 4 is 33.2 Å². The van der Waals surface area contributed by atoms with Crippen LogP contribution in [0.15, 0.2) is 47.4 Å². The van der Waals surface area contributed by atoms with E-state index in [1.165, 1.54) is 22.5 Å². The number of carbonyl (C=O) groups excluding carboxylic acids is 1. The van der Waals surface area contributed by atoms with Gasteiger partial charge in [0.15, 0.2) is 0 Å². The monoisotopic (exact) mass is 436 g/mol. The number of nitrogens with zero attached hydrogens (tertiary/aromatic N) is 1. The Morgan fingerprint density at radius 3 is 2.52 bits per heavy atom. The third kappa shape index (κ3) is 5.29. The molecule has 1 saturated heterocycles. The zero-order valence-corrected chi connectivity index (χ0v) is 18.1. The highest BCUT2D eigenvalue weighted by molar-refractivity contribution is 7.89. The Labute approximate surface area is 176 Å². The number of anilines is 1. The SMILES string of the molecule is CC(C)Oc1cccc(NC(=O)c2ccc(Cl)c(S(=O)(=O)N3CCCCC3)c2)c1. The van der Waals surface area contributed by atoms with Gasteiger partial charge >= 0.3 is 0 Å². The van der Waals surface area contributed by atoms with E-state index in [-0.39, 0.29) is 21.6 Å². The average Bonchev–Trinajstić information content (AvgIpc) is 2.68. The van der Waals surface area contributed by atoms with Gasteiger partial charge in [0.25, 0.3) is 5.91 Å². The van der Waals surface area contributed by atoms with Crippen molar-refractivity contribution in [3.05, 3.63) is 53.1 Å². The number of benzene rings is 2. The van der Waals surface area contributed by atoms with Crippen LogP contribution in [0.3, 0.4) is 0 Å². The Kier molecular flexibility index (Phi) is 6.82. The summed E-state index contributed by atoms with van der Waals surface area (Å²) in [6.45, 7) is 4.78. The van der Waals surface area contributed by atoms with Crippen LogP contribution in [0.5, 0.6) is 5.75 Å². The lowest BCUT2D eigenvalue weighted by atomic mass is 10.2. The largest absolute Gasteiger partial charge is 0.491 e. The van der Waals surface area contributed by atoms with Gasteiger partial charge in [0.1, 0.15) is 10.6 Å². The van der Waals surface area contributed by atoms with Crippen LogP contribution in [0.25, 0.3) is 0 Å². The predicted octanol–water partition coefficient (Wildman–Crippen LogP) is 4.55. The molecule has 0 spiro atoms. The molecule has 0 radical (unpaired) electrons. The van der Waals surface area contributed by atoms with E-state index in [9.17, 15) is 13.2 Å². The smallest absolute Gasteiger partial charge is 0.255 e. The summed E-state index contributed by atoms with van der Waals surface area (Å²) in [6, 6.07) is 11.4. The maximum Gasteiger partial charge on any atom is 0.255 e. The molecule has 1 N–H and O–H groups in total. The molecule has 0 saturated carbocycles. The summed E-state index contributed by atoms with van der Waals surface area (Å²) < 4.78 is 33.0. The van der Waals surface area contributed by atoms with Gasteiger partial charge in [0.05, 0.1) is 11.1 Å². The molecule has 3 rings (SSSR count). The first-order valence-electron chi connectivity index (χ1n) is 9.65. The highest BCUT2D eigenvalue weighted by Crippen LogP contribution is 2.28. The zero-order valence-electron chi connectivity index (χ0n) is 16.5. The van der Waals surface area contributed by atoms with Crippen molar-refractivity contribution in [3.63, 3.8) is 0 Å². The first-order chi connectivity index (χ1) is 13.8. The maximum atomic E-state index is 13.0. The minimum absolute atomic E-state index is 0.0137. The summed E-state index contributed by atoms with van der Waals surface area (Å²) in [6.07, 6.45) is 2.68. The highest BCUT2D eigenvalue weighted by Gasteiger charge is 2.28. The molecule has 1 amide bonds. The number of nitrogens with one attached hydrogen (secondary N) is 1. The summed E-state index contributed by atoms with van der Waals surface area (Å²) >= 11 is 6.18. The van der Waals surface area contributed by atoms with Gasteiger partial charge < -0.3 is 10.1 Å². The van der Waals surface area contributed by atoms with Crippen molar-refractivity contribution in [3.8, 4) is 5.75 Å². The number of amides is 1. The van der Waals surface area contributed by atoms with E-state index >= 15 is 0 Å². The second-order valence-corrected chi connectivity index (χ2v) is 9.57. The van der Waals surface area contributed by atoms with Crippen LogP contribution >= 0.6 is 11.6 Å². The molecule has 8 heteroatoms. The number of carbonyl (C=O) groups is 1. The topological polar surface area (TPSA) is 75.7 Å². The van der Waals surface area contributed by atoms with Crippen molar-refractivity contribution in [1.82, 2.24) is 4.31 Å². The number of halogens is 1. The fourth-order valence-electron chi connectivity index (χ4n) is 3.21. The summed E-state index contributed by atoms with van der Waals surface area (Å²) in [4.78, 5) is 12.7. The zero-order chi connectivity index (χ0) is 21.0. The van der Waals surface area contributed by atoms with Gasteiger partial charge in [0.2, 0.25) is 10.0 Å². The molecule has 0 bridgehead atoms. The molecular formula is C21H25ClN2O4S. The maximum absolute atomic E-state index is 13.0. The van der Waals surface area contributed by atoms with E-state index in [4.69, 9.17) is 16.3 Å². The van der Waals surface area contributed by atoms with E-state index in [0.717, 1.165) is 19.3 Å². The molecule has 0 aromatic heterocycles. The van der Waals surface area contributed by atoms with E-state index in [1.807, 2.05) is 13.8 Å². The second-order valence-electron chi connectivity index (χ2n) is 7.26. The number of ether oxygens (including phenoxy) is 1. The summed E-state index contributed by atoms with van der Waals surface area (Å²) in [5, 5.41) is 2.89. The van der Waals surface area contributed by atoms with Crippen LogP contribution in [-0.4, -0.2) is 37.8 Å². The fraction of sp³-hybridized carbons (Fsp3) is 0.381. The van der Waals surface area contributed by atoms with Crippen LogP contribution in [0.2, 0.25) is 5.02 Å².